The van der Waals surface area contributed by atoms with E-state index >= 15 is 0 Å². The van der Waals surface area contributed by atoms with Gasteiger partial charge in [0.05, 0.1) is 12.8 Å². The van der Waals surface area contributed by atoms with Crippen molar-refractivity contribution in [2.24, 2.45) is 0 Å². The maximum Gasteiger partial charge on any atom is 0.344 e. The van der Waals surface area contributed by atoms with Gasteiger partial charge in [-0.05, 0) is 61.1 Å². The molecule has 0 aliphatic carbocycles. The summed E-state index contributed by atoms with van der Waals surface area (Å²) in [7, 11) is 1.39. The number of halogens is 1. The van der Waals surface area contributed by atoms with E-state index in [2.05, 4.69) is 5.32 Å². The smallest absolute Gasteiger partial charge is 0.344 e. The highest BCUT2D eigenvalue weighted by molar-refractivity contribution is 7.80. The molecule has 1 aliphatic rings. The summed E-state index contributed by atoms with van der Waals surface area (Å²) in [5.41, 5.74) is 0.727. The van der Waals surface area contributed by atoms with Crippen molar-refractivity contribution in [1.29, 1.82) is 0 Å². The summed E-state index contributed by atoms with van der Waals surface area (Å²) in [6.07, 6.45) is 0.292. The molecule has 0 spiro atoms. The van der Waals surface area contributed by atoms with E-state index in [9.17, 15) is 14.4 Å². The second-order valence-electron chi connectivity index (χ2n) is 6.45. The Labute approximate surface area is 188 Å². The number of benzene rings is 2. The molecule has 3 rings (SSSR count). The number of ether oxygens (including phenoxy) is 2. The van der Waals surface area contributed by atoms with E-state index in [1.807, 2.05) is 0 Å². The maximum absolute atomic E-state index is 13.0. The van der Waals surface area contributed by atoms with E-state index in [1.54, 1.807) is 30.3 Å². The monoisotopic (exact) mass is 460 g/mol. The van der Waals surface area contributed by atoms with Crippen molar-refractivity contribution in [2.45, 2.75) is 13.0 Å². The third-order valence-electron chi connectivity index (χ3n) is 4.32. The lowest BCUT2D eigenvalue weighted by atomic mass is 10.1. The van der Waals surface area contributed by atoms with Crippen LogP contribution in [0.5, 0.6) is 11.5 Å². The van der Waals surface area contributed by atoms with Gasteiger partial charge in [0, 0.05) is 5.02 Å². The summed E-state index contributed by atoms with van der Waals surface area (Å²) in [5, 5.41) is 11.9. The van der Waals surface area contributed by atoms with Crippen molar-refractivity contribution < 1.29 is 29.0 Å². The van der Waals surface area contributed by atoms with Gasteiger partial charge >= 0.3 is 5.97 Å². The predicted molar refractivity (Wildman–Crippen MR) is 118 cm³/mol. The molecule has 2 aromatic rings. The van der Waals surface area contributed by atoms with Crippen molar-refractivity contribution in [3.63, 3.8) is 0 Å². The highest BCUT2D eigenvalue weighted by atomic mass is 35.5. The highest BCUT2D eigenvalue weighted by Crippen LogP contribution is 2.31. The van der Waals surface area contributed by atoms with Crippen molar-refractivity contribution in [2.75, 3.05) is 12.0 Å². The van der Waals surface area contributed by atoms with Crippen molar-refractivity contribution in [1.82, 2.24) is 5.32 Å². The number of carboxylic acid groups (broad SMARTS) is 1. The molecule has 1 fully saturated rings. The SMILES string of the molecule is COc1cc(/C=C2\C(=O)NC(=S)N(c3cccc(Cl)c3)C2=O)ccc1O[C@@H](C)C(=O)O. The van der Waals surface area contributed by atoms with Crippen molar-refractivity contribution >= 4 is 58.5 Å². The number of nitrogens with one attached hydrogen (secondary N) is 1. The quantitative estimate of drug-likeness (QED) is 0.388. The number of hydrogen-bond acceptors (Lipinski definition) is 6. The van der Waals surface area contributed by atoms with Crippen LogP contribution in [0, 0.1) is 0 Å². The van der Waals surface area contributed by atoms with Crippen LogP contribution >= 0.6 is 23.8 Å². The van der Waals surface area contributed by atoms with Gasteiger partial charge < -0.3 is 14.6 Å². The zero-order chi connectivity index (χ0) is 22.7. The number of hydrogen-bond donors (Lipinski definition) is 2. The Balaban J connectivity index is 1.96. The third-order valence-corrected chi connectivity index (χ3v) is 4.84. The van der Waals surface area contributed by atoms with Crippen LogP contribution in [0.15, 0.2) is 48.0 Å². The number of thiocarbonyl (C=S) groups is 1. The van der Waals surface area contributed by atoms with Crippen LogP contribution in [-0.2, 0) is 14.4 Å². The molecule has 1 atom stereocenters. The molecule has 160 valence electrons. The minimum absolute atomic E-state index is 0.0570. The van der Waals surface area contributed by atoms with E-state index in [0.717, 1.165) is 0 Å². The second kappa shape index (κ2) is 9.15. The second-order valence-corrected chi connectivity index (χ2v) is 7.27. The summed E-state index contributed by atoms with van der Waals surface area (Å²) >= 11 is 11.2. The average molecular weight is 461 g/mol. The molecule has 1 saturated heterocycles. The van der Waals surface area contributed by atoms with E-state index in [4.69, 9.17) is 38.4 Å². The molecular formula is C21H17ClN2O6S. The number of carboxylic acids is 1. The Morgan fingerprint density at radius 1 is 1.23 bits per heavy atom. The molecule has 0 aromatic heterocycles. The molecule has 8 nitrogen and oxygen atoms in total. The number of aliphatic carboxylic acids is 1. The van der Waals surface area contributed by atoms with Crippen LogP contribution in [0.25, 0.3) is 6.08 Å². The number of carbonyl (C=O) groups excluding carboxylic acids is 2. The standard InChI is InChI=1S/C21H17ClN2O6S/c1-11(20(27)28)30-16-7-6-12(9-17(16)29-2)8-15-18(25)23-21(31)24(19(15)26)14-5-3-4-13(22)10-14/h3-11H,1-2H3,(H,27,28)(H,23,25,31)/b15-8+/t11-/m0/s1. The number of carbonyl (C=O) groups is 3. The topological polar surface area (TPSA) is 105 Å². The molecule has 1 heterocycles. The van der Waals surface area contributed by atoms with Crippen LogP contribution in [0.1, 0.15) is 12.5 Å². The van der Waals surface area contributed by atoms with Gasteiger partial charge in [-0.1, -0.05) is 23.7 Å². The van der Waals surface area contributed by atoms with Crippen LogP contribution in [0.2, 0.25) is 5.02 Å². The van der Waals surface area contributed by atoms with Gasteiger partial charge in [0.25, 0.3) is 11.8 Å². The molecule has 2 aromatic carbocycles. The number of rotatable bonds is 6. The molecule has 2 N–H and O–H groups in total. The average Bonchev–Trinajstić information content (AvgIpc) is 2.71. The van der Waals surface area contributed by atoms with E-state index in [-0.39, 0.29) is 22.2 Å². The van der Waals surface area contributed by atoms with Crippen LogP contribution in [0.3, 0.4) is 0 Å². The molecule has 31 heavy (non-hydrogen) atoms. The molecule has 0 radical (unpaired) electrons. The van der Waals surface area contributed by atoms with Crippen LogP contribution in [0.4, 0.5) is 5.69 Å². The summed E-state index contributed by atoms with van der Waals surface area (Å²) in [6.45, 7) is 1.38. The molecule has 0 bridgehead atoms. The largest absolute Gasteiger partial charge is 0.493 e. The Morgan fingerprint density at radius 2 is 1.97 bits per heavy atom. The van der Waals surface area contributed by atoms with E-state index < -0.39 is 23.9 Å². The molecule has 2 amide bonds. The van der Waals surface area contributed by atoms with Crippen molar-refractivity contribution in [3.05, 3.63) is 58.6 Å². The minimum atomic E-state index is -1.13. The van der Waals surface area contributed by atoms with E-state index in [1.165, 1.54) is 37.1 Å². The first-order valence-electron chi connectivity index (χ1n) is 8.95. The zero-order valence-corrected chi connectivity index (χ0v) is 18.0. The number of anilines is 1. The summed E-state index contributed by atoms with van der Waals surface area (Å²) in [6, 6.07) is 11.1. The Kier molecular flexibility index (Phi) is 6.57. The van der Waals surface area contributed by atoms with E-state index in [0.29, 0.717) is 16.3 Å². The van der Waals surface area contributed by atoms with Crippen molar-refractivity contribution in [3.8, 4) is 11.5 Å². The Bertz CT molecular complexity index is 1120. The lowest BCUT2D eigenvalue weighted by Gasteiger charge is -2.29. The normalized spacial score (nSPS) is 16.2. The maximum atomic E-state index is 13.0. The number of amides is 2. The lowest BCUT2D eigenvalue weighted by Crippen LogP contribution is -2.54. The Morgan fingerprint density at radius 3 is 2.61 bits per heavy atom. The lowest BCUT2D eigenvalue weighted by molar-refractivity contribution is -0.144. The fourth-order valence-corrected chi connectivity index (χ4v) is 3.25. The first-order valence-corrected chi connectivity index (χ1v) is 9.74. The van der Waals surface area contributed by atoms with Gasteiger partial charge in [-0.3, -0.25) is 19.8 Å². The first-order chi connectivity index (χ1) is 14.7. The summed E-state index contributed by atoms with van der Waals surface area (Å²) in [5.74, 6) is -1.94. The summed E-state index contributed by atoms with van der Waals surface area (Å²) in [4.78, 5) is 37.7. The first kappa shape index (κ1) is 22.3. The fraction of sp³-hybridized carbons (Fsp3) is 0.143. The van der Waals surface area contributed by atoms with Crippen LogP contribution < -0.4 is 19.7 Å². The van der Waals surface area contributed by atoms with Gasteiger partial charge in [0.15, 0.2) is 22.7 Å². The van der Waals surface area contributed by atoms with Gasteiger partial charge in [0.1, 0.15) is 5.57 Å². The van der Waals surface area contributed by atoms with Crippen LogP contribution in [-0.4, -0.2) is 41.2 Å². The number of nitrogens with zero attached hydrogens (tertiary/aromatic N) is 1. The molecular weight excluding hydrogens is 444 g/mol. The fourth-order valence-electron chi connectivity index (χ4n) is 2.79. The van der Waals surface area contributed by atoms with Gasteiger partial charge in [-0.15, -0.1) is 0 Å². The van der Waals surface area contributed by atoms with Gasteiger partial charge in [-0.25, -0.2) is 4.79 Å². The van der Waals surface area contributed by atoms with Gasteiger partial charge in [-0.2, -0.15) is 0 Å². The molecule has 0 unspecified atom stereocenters. The predicted octanol–water partition coefficient (Wildman–Crippen LogP) is 3.03. The zero-order valence-electron chi connectivity index (χ0n) is 16.4. The molecule has 10 heteroatoms. The molecule has 0 saturated carbocycles. The number of methoxy groups -OCH3 is 1. The highest BCUT2D eigenvalue weighted by Gasteiger charge is 2.34. The summed E-state index contributed by atoms with van der Waals surface area (Å²) < 4.78 is 10.6. The molecule has 1 aliphatic heterocycles. The van der Waals surface area contributed by atoms with Gasteiger partial charge in [0.2, 0.25) is 0 Å². The minimum Gasteiger partial charge on any atom is -0.493 e. The Hall–Kier alpha value is -3.43. The third kappa shape index (κ3) is 4.84.